The Morgan fingerprint density at radius 1 is 0.167 bits per heavy atom. The van der Waals surface area contributed by atoms with Crippen LogP contribution in [0.5, 0.6) is 0 Å². The number of hydrogen-bond acceptors (Lipinski definition) is 0. The first-order chi connectivity index (χ1) is 32.7. The van der Waals surface area contributed by atoms with Crippen molar-refractivity contribution in [3.05, 3.63) is 243 Å². The zero-order valence-electron chi connectivity index (χ0n) is 36.1. The molecule has 0 saturated carbocycles. The van der Waals surface area contributed by atoms with Gasteiger partial charge in [-0.3, -0.25) is 0 Å². The highest BCUT2D eigenvalue weighted by Gasteiger charge is 2.21. The van der Waals surface area contributed by atoms with Crippen LogP contribution < -0.4 is 0 Å². The minimum absolute atomic E-state index is 1.22. The van der Waals surface area contributed by atoms with Gasteiger partial charge >= 0.3 is 0 Å². The summed E-state index contributed by atoms with van der Waals surface area (Å²) in [5.41, 5.74) is 9.87. The maximum Gasteiger partial charge on any atom is -0.00137 e. The summed E-state index contributed by atoms with van der Waals surface area (Å²) in [7, 11) is 0. The van der Waals surface area contributed by atoms with Gasteiger partial charge < -0.3 is 0 Å². The van der Waals surface area contributed by atoms with Crippen LogP contribution in [-0.4, -0.2) is 0 Å². The molecule has 14 aromatic rings. The van der Waals surface area contributed by atoms with Crippen molar-refractivity contribution in [2.45, 2.75) is 0 Å². The Kier molecular flexibility index (Phi) is 8.08. The fraction of sp³-hybridized carbons (Fsp3) is 0. The van der Waals surface area contributed by atoms with E-state index in [1.807, 2.05) is 0 Å². The average Bonchev–Trinajstić information content (AvgIpc) is 3.39. The molecule has 0 saturated heterocycles. The molecule has 0 atom stereocenters. The van der Waals surface area contributed by atoms with E-state index >= 15 is 0 Å². The van der Waals surface area contributed by atoms with Crippen molar-refractivity contribution in [3.8, 4) is 44.5 Å². The highest BCUT2D eigenvalue weighted by Crippen LogP contribution is 2.48. The molecule has 0 aliphatic rings. The molecule has 0 heterocycles. The van der Waals surface area contributed by atoms with E-state index < -0.39 is 0 Å². The highest BCUT2D eigenvalue weighted by molar-refractivity contribution is 6.40. The summed E-state index contributed by atoms with van der Waals surface area (Å²) in [6.45, 7) is 0. The van der Waals surface area contributed by atoms with Gasteiger partial charge in [-0.05, 0) is 166 Å². The van der Waals surface area contributed by atoms with Crippen molar-refractivity contribution in [3.63, 3.8) is 0 Å². The average molecular weight is 833 g/mol. The van der Waals surface area contributed by atoms with Gasteiger partial charge in [0.1, 0.15) is 0 Å². The highest BCUT2D eigenvalue weighted by atomic mass is 14.2. The van der Waals surface area contributed by atoms with E-state index in [1.54, 1.807) is 0 Å². The molecule has 0 nitrogen and oxygen atoms in total. The van der Waals surface area contributed by atoms with Crippen LogP contribution in [0.2, 0.25) is 0 Å². The van der Waals surface area contributed by atoms with Crippen molar-refractivity contribution in [1.82, 2.24) is 0 Å². The van der Waals surface area contributed by atoms with E-state index in [4.69, 9.17) is 0 Å². The molecular formula is C66H40. The van der Waals surface area contributed by atoms with Gasteiger partial charge in [-0.1, -0.05) is 218 Å². The first kappa shape index (κ1) is 36.9. The number of benzene rings is 14. The van der Waals surface area contributed by atoms with Crippen molar-refractivity contribution in [2.24, 2.45) is 0 Å². The maximum absolute atomic E-state index is 2.50. The fourth-order valence-corrected chi connectivity index (χ4v) is 11.3. The Balaban J connectivity index is 1.09. The molecule has 0 aromatic heterocycles. The smallest absolute Gasteiger partial charge is 0.00137 e. The quantitative estimate of drug-likeness (QED) is 0.155. The van der Waals surface area contributed by atoms with Crippen LogP contribution in [0.3, 0.4) is 0 Å². The molecule has 0 spiro atoms. The molecule has 0 aliphatic carbocycles. The van der Waals surface area contributed by atoms with E-state index in [0.717, 1.165) is 0 Å². The predicted molar refractivity (Wildman–Crippen MR) is 286 cm³/mol. The standard InChI is InChI=1S/C66H40/c1-3-17-45-37-47(27-25-41(45)13-1)53-33-29-43-15-5-7-19-51(43)63(53)49-31-35-57-55-21-9-12-24-60(55)66-62-40-50(32-36-58(62)56-22-10-11-23-59(56)65(66)61(57)39-49)64-52-20-8-6-16-44(52)30-34-54(64)48-28-26-42-14-2-4-18-46(42)38-48/h1-40H. The molecule has 0 radical (unpaired) electrons. The summed E-state index contributed by atoms with van der Waals surface area (Å²) < 4.78 is 0. The van der Waals surface area contributed by atoms with Gasteiger partial charge in [-0.25, -0.2) is 0 Å². The molecule has 0 amide bonds. The van der Waals surface area contributed by atoms with Crippen LogP contribution in [0.1, 0.15) is 0 Å². The number of fused-ring (bicyclic) bond motifs is 15. The Hall–Kier alpha value is -8.58. The molecule has 0 aliphatic heterocycles. The van der Waals surface area contributed by atoms with Gasteiger partial charge in [-0.2, -0.15) is 0 Å². The molecule has 0 unspecified atom stereocenters. The predicted octanol–water partition coefficient (Wildman–Crippen LogP) is 18.7. The van der Waals surface area contributed by atoms with Crippen molar-refractivity contribution < 1.29 is 0 Å². The molecular weight excluding hydrogens is 793 g/mol. The second-order valence-corrected chi connectivity index (χ2v) is 17.9. The Bertz CT molecular complexity index is 4060. The third kappa shape index (κ3) is 5.59. The lowest BCUT2D eigenvalue weighted by atomic mass is 9.83. The summed E-state index contributed by atoms with van der Waals surface area (Å²) in [4.78, 5) is 0. The maximum atomic E-state index is 2.50. The first-order valence-electron chi connectivity index (χ1n) is 23.0. The summed E-state index contributed by atoms with van der Waals surface area (Å²) in [6.07, 6.45) is 0. The molecule has 304 valence electrons. The monoisotopic (exact) mass is 832 g/mol. The molecule has 14 rings (SSSR count). The van der Waals surface area contributed by atoms with Gasteiger partial charge in [0.25, 0.3) is 0 Å². The minimum atomic E-state index is 1.22. The molecule has 0 fully saturated rings. The van der Waals surface area contributed by atoms with Crippen LogP contribution in [0.25, 0.3) is 141 Å². The molecule has 0 N–H and O–H groups in total. The van der Waals surface area contributed by atoms with Gasteiger partial charge in [0.2, 0.25) is 0 Å². The normalized spacial score (nSPS) is 11.9. The lowest BCUT2D eigenvalue weighted by molar-refractivity contribution is 1.64. The van der Waals surface area contributed by atoms with E-state index in [-0.39, 0.29) is 0 Å². The largest absolute Gasteiger partial charge is 0.0616 e. The van der Waals surface area contributed by atoms with Crippen LogP contribution in [-0.2, 0) is 0 Å². The van der Waals surface area contributed by atoms with Crippen LogP contribution in [0, 0.1) is 0 Å². The molecule has 14 aromatic carbocycles. The number of rotatable bonds is 4. The Morgan fingerprint density at radius 3 is 0.924 bits per heavy atom. The minimum Gasteiger partial charge on any atom is -0.0616 e. The fourth-order valence-electron chi connectivity index (χ4n) is 11.3. The topological polar surface area (TPSA) is 0 Å². The van der Waals surface area contributed by atoms with Gasteiger partial charge in [0, 0.05) is 0 Å². The second kappa shape index (κ2) is 14.5. The zero-order chi connectivity index (χ0) is 43.3. The van der Waals surface area contributed by atoms with Crippen LogP contribution in [0.4, 0.5) is 0 Å². The Labute approximate surface area is 382 Å². The summed E-state index contributed by atoms with van der Waals surface area (Å²) in [5, 5.41) is 22.7. The SMILES string of the molecule is c1ccc2cc(-c3ccc4ccccc4c3-c3ccc4c5ccccc5c5c6cc(-c7c(-c8ccc9ccccc9c8)ccc8ccccc78)ccc6c6ccccc6c5c4c3)ccc2c1. The van der Waals surface area contributed by atoms with Crippen molar-refractivity contribution in [2.75, 3.05) is 0 Å². The van der Waals surface area contributed by atoms with Crippen molar-refractivity contribution in [1.29, 1.82) is 0 Å². The third-order valence-corrected chi connectivity index (χ3v) is 14.4. The summed E-state index contributed by atoms with van der Waals surface area (Å²) in [6, 6.07) is 90.7. The third-order valence-electron chi connectivity index (χ3n) is 14.4. The Morgan fingerprint density at radius 2 is 0.485 bits per heavy atom. The van der Waals surface area contributed by atoms with Gasteiger partial charge in [0.05, 0.1) is 0 Å². The zero-order valence-corrected chi connectivity index (χ0v) is 36.1. The van der Waals surface area contributed by atoms with E-state index in [2.05, 4.69) is 243 Å². The second-order valence-electron chi connectivity index (χ2n) is 17.9. The molecule has 0 bridgehead atoms. The van der Waals surface area contributed by atoms with Crippen molar-refractivity contribution >= 4 is 97.0 Å². The molecule has 66 heavy (non-hydrogen) atoms. The van der Waals surface area contributed by atoms with Gasteiger partial charge in [0.15, 0.2) is 0 Å². The van der Waals surface area contributed by atoms with E-state index in [0.29, 0.717) is 0 Å². The number of hydrogen-bond donors (Lipinski definition) is 0. The van der Waals surface area contributed by atoms with Gasteiger partial charge in [-0.15, -0.1) is 0 Å². The van der Waals surface area contributed by atoms with E-state index in [1.165, 1.54) is 141 Å². The lowest BCUT2D eigenvalue weighted by Crippen LogP contribution is -1.92. The first-order valence-corrected chi connectivity index (χ1v) is 23.0. The summed E-state index contributed by atoms with van der Waals surface area (Å²) in [5.74, 6) is 0. The molecule has 0 heteroatoms. The van der Waals surface area contributed by atoms with Crippen LogP contribution in [0.15, 0.2) is 243 Å². The van der Waals surface area contributed by atoms with Crippen LogP contribution >= 0.6 is 0 Å². The van der Waals surface area contributed by atoms with E-state index in [9.17, 15) is 0 Å². The summed E-state index contributed by atoms with van der Waals surface area (Å²) >= 11 is 0. The lowest BCUT2D eigenvalue weighted by Gasteiger charge is -2.20.